The number of pyridine rings is 1. The van der Waals surface area contributed by atoms with Gasteiger partial charge in [0.1, 0.15) is 5.69 Å². The van der Waals surface area contributed by atoms with Crippen LogP contribution < -0.4 is 5.73 Å². The molecule has 0 saturated carbocycles. The van der Waals surface area contributed by atoms with E-state index in [4.69, 9.17) is 15.7 Å². The number of nitrogens with zero attached hydrogens (tertiary/aromatic N) is 3. The number of hydrogen-bond acceptors (Lipinski definition) is 5. The zero-order valence-corrected chi connectivity index (χ0v) is 11.7. The average molecular weight is 280 g/mol. The van der Waals surface area contributed by atoms with Crippen LogP contribution in [0.1, 0.15) is 29.9 Å². The number of likely N-dealkylation sites (N-methyl/N-ethyl adjacent to an activating group) is 1. The molecule has 0 atom stereocenters. The fraction of sp³-hybridized carbons (Fsp3) is 0.462. The average Bonchev–Trinajstić information content (AvgIpc) is 2.50. The van der Waals surface area contributed by atoms with Crippen molar-refractivity contribution in [1.82, 2.24) is 9.88 Å². The van der Waals surface area contributed by atoms with E-state index in [2.05, 4.69) is 10.1 Å². The summed E-state index contributed by atoms with van der Waals surface area (Å²) in [5.41, 5.74) is 6.21. The summed E-state index contributed by atoms with van der Waals surface area (Å²) >= 11 is 0. The number of carbonyl (C=O) groups is 1. The first-order chi connectivity index (χ1) is 9.63. The number of oxime groups is 1. The van der Waals surface area contributed by atoms with Crippen LogP contribution in [0.2, 0.25) is 0 Å². The van der Waals surface area contributed by atoms with Gasteiger partial charge in [-0.15, -0.1) is 0 Å². The number of hydrogen-bond donors (Lipinski definition) is 2. The van der Waals surface area contributed by atoms with E-state index < -0.39 is 0 Å². The number of aromatic nitrogens is 1. The van der Waals surface area contributed by atoms with Crippen LogP contribution in [-0.4, -0.2) is 53.1 Å². The normalized spacial score (nSPS) is 11.4. The number of amides is 1. The molecule has 0 aromatic carbocycles. The van der Waals surface area contributed by atoms with Gasteiger partial charge in [0.05, 0.1) is 6.61 Å². The summed E-state index contributed by atoms with van der Waals surface area (Å²) in [4.78, 5) is 17.9. The van der Waals surface area contributed by atoms with E-state index in [1.54, 1.807) is 17.0 Å². The van der Waals surface area contributed by atoms with Crippen molar-refractivity contribution in [2.24, 2.45) is 10.9 Å². The van der Waals surface area contributed by atoms with Crippen LogP contribution in [0.3, 0.4) is 0 Å². The second kappa shape index (κ2) is 8.11. The molecule has 0 unspecified atom stereocenters. The quantitative estimate of drug-likeness (QED) is 0.251. The Morgan fingerprint density at radius 1 is 1.50 bits per heavy atom. The smallest absolute Gasteiger partial charge is 0.272 e. The lowest BCUT2D eigenvalue weighted by molar-refractivity contribution is 0.0664. The van der Waals surface area contributed by atoms with Crippen molar-refractivity contribution < 1.29 is 14.7 Å². The minimum absolute atomic E-state index is 0.0415. The summed E-state index contributed by atoms with van der Waals surface area (Å²) in [7, 11) is 0. The number of ether oxygens (including phenoxy) is 1. The predicted molar refractivity (Wildman–Crippen MR) is 74.8 cm³/mol. The number of amidine groups is 1. The van der Waals surface area contributed by atoms with Gasteiger partial charge in [0.15, 0.2) is 5.84 Å². The number of rotatable bonds is 7. The van der Waals surface area contributed by atoms with Gasteiger partial charge in [0.25, 0.3) is 5.91 Å². The summed E-state index contributed by atoms with van der Waals surface area (Å²) in [5.74, 6) is -0.210. The molecule has 1 heterocycles. The van der Waals surface area contributed by atoms with Gasteiger partial charge in [-0.25, -0.2) is 0 Å². The van der Waals surface area contributed by atoms with Gasteiger partial charge < -0.3 is 20.6 Å². The van der Waals surface area contributed by atoms with Crippen LogP contribution in [0.5, 0.6) is 0 Å². The standard InChI is InChI=1S/C13H20N4O3/c1-3-17(7-8-20-4-2)13(18)11-6-5-10(9-15-11)12(14)16-19/h5-6,9,19H,3-4,7-8H2,1-2H3,(H2,14,16). The lowest BCUT2D eigenvalue weighted by atomic mass is 10.2. The maximum Gasteiger partial charge on any atom is 0.272 e. The molecule has 20 heavy (non-hydrogen) atoms. The van der Waals surface area contributed by atoms with Crippen LogP contribution in [0.4, 0.5) is 0 Å². The van der Waals surface area contributed by atoms with Crippen molar-refractivity contribution in [1.29, 1.82) is 0 Å². The van der Waals surface area contributed by atoms with Gasteiger partial charge in [-0.2, -0.15) is 0 Å². The molecule has 1 aromatic heterocycles. The Labute approximate surface area is 118 Å². The van der Waals surface area contributed by atoms with Gasteiger partial charge >= 0.3 is 0 Å². The highest BCUT2D eigenvalue weighted by Crippen LogP contribution is 2.04. The summed E-state index contributed by atoms with van der Waals surface area (Å²) in [6.45, 7) is 6.03. The Hall–Kier alpha value is -2.15. The molecule has 0 aliphatic rings. The predicted octanol–water partition coefficient (Wildman–Crippen LogP) is 0.675. The van der Waals surface area contributed by atoms with Crippen LogP contribution in [0.15, 0.2) is 23.5 Å². The Morgan fingerprint density at radius 2 is 2.25 bits per heavy atom. The van der Waals surface area contributed by atoms with E-state index in [-0.39, 0.29) is 11.7 Å². The molecule has 0 radical (unpaired) electrons. The first kappa shape index (κ1) is 15.9. The minimum atomic E-state index is -0.168. The van der Waals surface area contributed by atoms with E-state index in [1.165, 1.54) is 6.20 Å². The molecule has 1 amide bonds. The topological polar surface area (TPSA) is 101 Å². The highest BCUT2D eigenvalue weighted by Gasteiger charge is 2.15. The first-order valence-corrected chi connectivity index (χ1v) is 6.45. The molecular weight excluding hydrogens is 260 g/mol. The van der Waals surface area contributed by atoms with E-state index in [1.807, 2.05) is 13.8 Å². The maximum absolute atomic E-state index is 12.2. The summed E-state index contributed by atoms with van der Waals surface area (Å²) in [5, 5.41) is 11.4. The van der Waals surface area contributed by atoms with Crippen LogP contribution in [-0.2, 0) is 4.74 Å². The van der Waals surface area contributed by atoms with Crippen molar-refractivity contribution in [2.75, 3.05) is 26.3 Å². The van der Waals surface area contributed by atoms with Gasteiger partial charge in [-0.3, -0.25) is 9.78 Å². The molecule has 0 saturated heterocycles. The molecule has 0 aliphatic heterocycles. The summed E-state index contributed by atoms with van der Waals surface area (Å²) in [6, 6.07) is 3.14. The van der Waals surface area contributed by atoms with Gasteiger partial charge in [-0.05, 0) is 26.0 Å². The summed E-state index contributed by atoms with van der Waals surface area (Å²) < 4.78 is 5.24. The van der Waals surface area contributed by atoms with Crippen molar-refractivity contribution in [3.63, 3.8) is 0 Å². The third-order valence-corrected chi connectivity index (χ3v) is 2.76. The molecule has 0 fully saturated rings. The van der Waals surface area contributed by atoms with E-state index in [0.29, 0.717) is 37.6 Å². The van der Waals surface area contributed by atoms with E-state index in [9.17, 15) is 4.79 Å². The monoisotopic (exact) mass is 280 g/mol. The Morgan fingerprint density at radius 3 is 2.75 bits per heavy atom. The van der Waals surface area contributed by atoms with Crippen LogP contribution in [0.25, 0.3) is 0 Å². The van der Waals surface area contributed by atoms with Gasteiger partial charge in [-0.1, -0.05) is 5.16 Å². The minimum Gasteiger partial charge on any atom is -0.409 e. The Kier molecular flexibility index (Phi) is 6.45. The number of nitrogens with two attached hydrogens (primary N) is 1. The van der Waals surface area contributed by atoms with Crippen molar-refractivity contribution in [2.45, 2.75) is 13.8 Å². The molecule has 1 rings (SSSR count). The van der Waals surface area contributed by atoms with Gasteiger partial charge in [0.2, 0.25) is 0 Å². The fourth-order valence-electron chi connectivity index (χ4n) is 1.61. The van der Waals surface area contributed by atoms with E-state index in [0.717, 1.165) is 0 Å². The van der Waals surface area contributed by atoms with Crippen molar-refractivity contribution >= 4 is 11.7 Å². The molecule has 1 aromatic rings. The second-order valence-electron chi connectivity index (χ2n) is 4.00. The maximum atomic E-state index is 12.2. The Balaban J connectivity index is 2.74. The Bertz CT molecular complexity index is 459. The summed E-state index contributed by atoms with van der Waals surface area (Å²) in [6.07, 6.45) is 1.40. The second-order valence-corrected chi connectivity index (χ2v) is 4.00. The van der Waals surface area contributed by atoms with Crippen LogP contribution in [0, 0.1) is 0 Å². The molecular formula is C13H20N4O3. The van der Waals surface area contributed by atoms with Crippen molar-refractivity contribution in [3.8, 4) is 0 Å². The third-order valence-electron chi connectivity index (χ3n) is 2.76. The number of carbonyl (C=O) groups excluding carboxylic acids is 1. The van der Waals surface area contributed by atoms with Crippen LogP contribution >= 0.6 is 0 Å². The molecule has 0 bridgehead atoms. The highest BCUT2D eigenvalue weighted by molar-refractivity contribution is 5.98. The van der Waals surface area contributed by atoms with Crippen molar-refractivity contribution in [3.05, 3.63) is 29.6 Å². The lowest BCUT2D eigenvalue weighted by Crippen LogP contribution is -2.34. The molecule has 110 valence electrons. The lowest BCUT2D eigenvalue weighted by Gasteiger charge is -2.20. The highest BCUT2D eigenvalue weighted by atomic mass is 16.5. The molecule has 0 spiro atoms. The van der Waals surface area contributed by atoms with Gasteiger partial charge in [0, 0.05) is 31.5 Å². The molecule has 0 aliphatic carbocycles. The largest absolute Gasteiger partial charge is 0.409 e. The third kappa shape index (κ3) is 4.20. The molecule has 7 heteroatoms. The zero-order valence-electron chi connectivity index (χ0n) is 11.7. The molecule has 7 nitrogen and oxygen atoms in total. The first-order valence-electron chi connectivity index (χ1n) is 6.45. The fourth-order valence-corrected chi connectivity index (χ4v) is 1.61. The van der Waals surface area contributed by atoms with E-state index >= 15 is 0 Å². The SMILES string of the molecule is CCOCCN(CC)C(=O)c1ccc(C(N)=NO)cn1. The molecule has 3 N–H and O–H groups in total. The zero-order chi connectivity index (χ0) is 15.0.